The van der Waals surface area contributed by atoms with Crippen molar-refractivity contribution in [1.82, 2.24) is 4.98 Å². The van der Waals surface area contributed by atoms with Crippen LogP contribution in [0, 0.1) is 0 Å². The normalized spacial score (nSPS) is 11.0. The van der Waals surface area contributed by atoms with Crippen molar-refractivity contribution in [2.45, 2.75) is 0 Å². The van der Waals surface area contributed by atoms with Gasteiger partial charge < -0.3 is 21.8 Å². The van der Waals surface area contributed by atoms with Crippen LogP contribution in [0.3, 0.4) is 0 Å². The maximum atomic E-state index is 12.3. The Kier molecular flexibility index (Phi) is 3.13. The predicted molar refractivity (Wildman–Crippen MR) is 99.0 cm³/mol. The van der Waals surface area contributed by atoms with Gasteiger partial charge in [-0.3, -0.25) is 4.79 Å². The number of anilines is 3. The zero-order valence-corrected chi connectivity index (χ0v) is 12.8. The summed E-state index contributed by atoms with van der Waals surface area (Å²) in [4.78, 5) is 15.6. The highest BCUT2D eigenvalue weighted by Crippen LogP contribution is 2.28. The minimum absolute atomic E-state index is 0.172. The molecule has 0 bridgehead atoms. The molecule has 5 nitrogen and oxygen atoms in total. The number of aromatic nitrogens is 1. The van der Waals surface area contributed by atoms with E-state index in [1.807, 2.05) is 36.4 Å². The van der Waals surface area contributed by atoms with Crippen LogP contribution in [0.4, 0.5) is 17.1 Å². The first-order valence-electron chi connectivity index (χ1n) is 7.58. The molecule has 0 unspecified atom stereocenters. The van der Waals surface area contributed by atoms with E-state index < -0.39 is 0 Å². The van der Waals surface area contributed by atoms with E-state index in [2.05, 4.69) is 10.3 Å². The summed E-state index contributed by atoms with van der Waals surface area (Å²) >= 11 is 0. The quantitative estimate of drug-likeness (QED) is 0.424. The Hall–Kier alpha value is -3.47. The van der Waals surface area contributed by atoms with E-state index in [9.17, 15) is 4.79 Å². The van der Waals surface area contributed by atoms with Gasteiger partial charge >= 0.3 is 0 Å². The number of rotatable bonds is 2. The molecule has 118 valence electrons. The molecule has 1 aromatic heterocycles. The molecule has 5 heteroatoms. The summed E-state index contributed by atoms with van der Waals surface area (Å²) in [6.07, 6.45) is 0. The average Bonchev–Trinajstić information content (AvgIpc) is 2.91. The number of hydrogen-bond acceptors (Lipinski definition) is 3. The van der Waals surface area contributed by atoms with Gasteiger partial charge in [0.1, 0.15) is 0 Å². The van der Waals surface area contributed by atoms with Crippen molar-refractivity contribution >= 4 is 44.8 Å². The first-order chi connectivity index (χ1) is 11.6. The van der Waals surface area contributed by atoms with Gasteiger partial charge in [-0.2, -0.15) is 0 Å². The average molecular weight is 316 g/mol. The molecule has 0 spiro atoms. The van der Waals surface area contributed by atoms with Crippen molar-refractivity contribution in [1.29, 1.82) is 0 Å². The topological polar surface area (TPSA) is 96.9 Å². The molecular formula is C19H16N4O. The smallest absolute Gasteiger partial charge is 0.255 e. The molecule has 0 radical (unpaired) electrons. The van der Waals surface area contributed by atoms with Crippen LogP contribution in [0.1, 0.15) is 10.4 Å². The summed E-state index contributed by atoms with van der Waals surface area (Å²) in [5.41, 5.74) is 16.0. The van der Waals surface area contributed by atoms with Gasteiger partial charge in [0.15, 0.2) is 0 Å². The number of amides is 1. The third-order valence-corrected chi connectivity index (χ3v) is 4.05. The Labute approximate surface area is 138 Å². The first kappa shape index (κ1) is 14.1. The minimum atomic E-state index is -0.172. The fraction of sp³-hybridized carbons (Fsp3) is 0. The molecular weight excluding hydrogens is 300 g/mol. The standard InChI is InChI=1S/C19H16N4O/c20-12-3-1-11(2-4-12)19(24)22-14-6-8-16-15-7-5-13(21)9-17(15)23-18(16)10-14/h1-10,23H,20-21H2,(H,22,24). The SMILES string of the molecule is Nc1ccc(C(=O)Nc2ccc3c(c2)[nH]c2cc(N)ccc23)cc1. The van der Waals surface area contributed by atoms with Crippen molar-refractivity contribution < 1.29 is 4.79 Å². The third kappa shape index (κ3) is 2.42. The van der Waals surface area contributed by atoms with Gasteiger partial charge in [0.2, 0.25) is 0 Å². The van der Waals surface area contributed by atoms with Crippen LogP contribution in [0.15, 0.2) is 60.7 Å². The molecule has 0 aliphatic carbocycles. The lowest BCUT2D eigenvalue weighted by Crippen LogP contribution is -2.11. The molecule has 0 fully saturated rings. The lowest BCUT2D eigenvalue weighted by atomic mass is 10.1. The Bertz CT molecular complexity index is 1060. The molecule has 0 atom stereocenters. The molecule has 4 rings (SSSR count). The lowest BCUT2D eigenvalue weighted by molar-refractivity contribution is 0.102. The number of nitrogens with one attached hydrogen (secondary N) is 2. The number of H-pyrrole nitrogens is 1. The maximum Gasteiger partial charge on any atom is 0.255 e. The van der Waals surface area contributed by atoms with E-state index in [1.165, 1.54) is 0 Å². The van der Waals surface area contributed by atoms with Crippen molar-refractivity contribution in [2.24, 2.45) is 0 Å². The number of nitrogens with two attached hydrogens (primary N) is 2. The van der Waals surface area contributed by atoms with Crippen molar-refractivity contribution in [3.63, 3.8) is 0 Å². The number of nitrogen functional groups attached to an aromatic ring is 2. The van der Waals surface area contributed by atoms with Crippen LogP contribution in [0.5, 0.6) is 0 Å². The highest BCUT2D eigenvalue weighted by atomic mass is 16.1. The monoisotopic (exact) mass is 316 g/mol. The summed E-state index contributed by atoms with van der Waals surface area (Å²) in [6.45, 7) is 0. The molecule has 0 aliphatic heterocycles. The van der Waals surface area contributed by atoms with E-state index in [-0.39, 0.29) is 5.91 Å². The van der Waals surface area contributed by atoms with E-state index in [0.717, 1.165) is 27.5 Å². The van der Waals surface area contributed by atoms with Crippen molar-refractivity contribution in [3.05, 3.63) is 66.2 Å². The molecule has 4 aromatic rings. The molecule has 6 N–H and O–H groups in total. The molecule has 3 aromatic carbocycles. The Morgan fingerprint density at radius 2 is 1.42 bits per heavy atom. The number of carbonyl (C=O) groups is 1. The maximum absolute atomic E-state index is 12.3. The number of benzene rings is 3. The van der Waals surface area contributed by atoms with Gasteiger partial charge in [-0.1, -0.05) is 12.1 Å². The zero-order valence-electron chi connectivity index (χ0n) is 12.8. The van der Waals surface area contributed by atoms with Crippen LogP contribution in [-0.2, 0) is 0 Å². The number of aromatic amines is 1. The highest BCUT2D eigenvalue weighted by Gasteiger charge is 2.09. The molecule has 1 heterocycles. The summed E-state index contributed by atoms with van der Waals surface area (Å²) in [6, 6.07) is 18.4. The second kappa shape index (κ2) is 5.31. The first-order valence-corrected chi connectivity index (χ1v) is 7.58. The second-order valence-corrected chi connectivity index (χ2v) is 5.77. The van der Waals surface area contributed by atoms with E-state index in [0.29, 0.717) is 16.9 Å². The summed E-state index contributed by atoms with van der Waals surface area (Å²) in [7, 11) is 0. The van der Waals surface area contributed by atoms with E-state index in [4.69, 9.17) is 11.5 Å². The largest absolute Gasteiger partial charge is 0.399 e. The summed E-state index contributed by atoms with van der Waals surface area (Å²) in [5.74, 6) is -0.172. The number of hydrogen-bond donors (Lipinski definition) is 4. The van der Waals surface area contributed by atoms with Crippen LogP contribution in [0.25, 0.3) is 21.8 Å². The molecule has 1 amide bonds. The van der Waals surface area contributed by atoms with E-state index in [1.54, 1.807) is 24.3 Å². The number of fused-ring (bicyclic) bond motifs is 3. The summed E-state index contributed by atoms with van der Waals surface area (Å²) in [5, 5.41) is 5.10. The molecule has 24 heavy (non-hydrogen) atoms. The van der Waals surface area contributed by atoms with Crippen molar-refractivity contribution in [3.8, 4) is 0 Å². The van der Waals surface area contributed by atoms with Crippen LogP contribution >= 0.6 is 0 Å². The predicted octanol–water partition coefficient (Wildman–Crippen LogP) is 3.74. The van der Waals surface area contributed by atoms with Crippen LogP contribution < -0.4 is 16.8 Å². The lowest BCUT2D eigenvalue weighted by Gasteiger charge is -2.06. The fourth-order valence-corrected chi connectivity index (χ4v) is 2.84. The van der Waals surface area contributed by atoms with E-state index >= 15 is 0 Å². The van der Waals surface area contributed by atoms with Crippen molar-refractivity contribution in [2.75, 3.05) is 16.8 Å². The molecule has 0 saturated heterocycles. The number of carbonyl (C=O) groups excluding carboxylic acids is 1. The van der Waals surface area contributed by atoms with Gasteiger partial charge in [0, 0.05) is 44.4 Å². The Balaban J connectivity index is 1.68. The van der Waals surface area contributed by atoms with Gasteiger partial charge in [-0.25, -0.2) is 0 Å². The van der Waals surface area contributed by atoms with Gasteiger partial charge in [0.25, 0.3) is 5.91 Å². The molecule has 0 aliphatic rings. The van der Waals surface area contributed by atoms with Crippen LogP contribution in [-0.4, -0.2) is 10.9 Å². The van der Waals surface area contributed by atoms with Gasteiger partial charge in [-0.05, 0) is 48.5 Å². The van der Waals surface area contributed by atoms with Crippen LogP contribution in [0.2, 0.25) is 0 Å². The zero-order chi connectivity index (χ0) is 16.7. The van der Waals surface area contributed by atoms with Gasteiger partial charge in [-0.15, -0.1) is 0 Å². The minimum Gasteiger partial charge on any atom is -0.399 e. The second-order valence-electron chi connectivity index (χ2n) is 5.77. The fourth-order valence-electron chi connectivity index (χ4n) is 2.84. The Morgan fingerprint density at radius 3 is 2.17 bits per heavy atom. The third-order valence-electron chi connectivity index (χ3n) is 4.05. The summed E-state index contributed by atoms with van der Waals surface area (Å²) < 4.78 is 0. The molecule has 0 saturated carbocycles. The van der Waals surface area contributed by atoms with Gasteiger partial charge in [0.05, 0.1) is 0 Å². The Morgan fingerprint density at radius 1 is 0.792 bits per heavy atom. The highest BCUT2D eigenvalue weighted by molar-refractivity contribution is 6.10.